The van der Waals surface area contributed by atoms with Gasteiger partial charge in [-0.1, -0.05) is 29.8 Å². The van der Waals surface area contributed by atoms with Crippen LogP contribution in [0.25, 0.3) is 11.0 Å². The Labute approximate surface area is 207 Å². The zero-order chi connectivity index (χ0) is 25.4. The monoisotopic (exact) mass is 502 g/mol. The van der Waals surface area contributed by atoms with Crippen molar-refractivity contribution in [3.8, 4) is 0 Å². The fraction of sp³-hybridized carbons (Fsp3) is 0.458. The van der Waals surface area contributed by atoms with Gasteiger partial charge in [0.1, 0.15) is 11.3 Å². The van der Waals surface area contributed by atoms with Gasteiger partial charge in [-0.15, -0.1) is 0 Å². The van der Waals surface area contributed by atoms with Crippen LogP contribution in [-0.2, 0) is 27.2 Å². The van der Waals surface area contributed by atoms with Gasteiger partial charge in [0, 0.05) is 50.4 Å². The second-order valence-electron chi connectivity index (χ2n) is 9.36. The number of carboxylic acid groups (broad SMARTS) is 1. The molecular weight excluding hydrogens is 472 g/mol. The average molecular weight is 503 g/mol. The summed E-state index contributed by atoms with van der Waals surface area (Å²) in [5.74, 6) is 0.809. The van der Waals surface area contributed by atoms with Crippen LogP contribution in [0, 0.1) is 0 Å². The maximum atomic E-state index is 13.5. The number of piperidine rings is 1. The number of hydrogen-bond donors (Lipinski definition) is 2. The van der Waals surface area contributed by atoms with Crippen LogP contribution in [-0.4, -0.2) is 63.0 Å². The van der Waals surface area contributed by atoms with Gasteiger partial charge in [-0.2, -0.15) is 0 Å². The first kappa shape index (κ1) is 24.9. The Balaban J connectivity index is 2.03. The molecule has 1 saturated heterocycles. The first-order valence-corrected chi connectivity index (χ1v) is 11.9. The molecule has 4 rings (SSSR count). The van der Waals surface area contributed by atoms with E-state index in [-0.39, 0.29) is 11.6 Å². The van der Waals surface area contributed by atoms with Gasteiger partial charge in [-0.25, -0.2) is 9.59 Å². The Kier molecular flexibility index (Phi) is 6.95. The Morgan fingerprint density at radius 2 is 1.89 bits per heavy atom. The molecule has 11 heteroatoms. The van der Waals surface area contributed by atoms with Crippen molar-refractivity contribution in [2.75, 3.05) is 32.1 Å². The molecule has 0 saturated carbocycles. The molecule has 2 aromatic heterocycles. The summed E-state index contributed by atoms with van der Waals surface area (Å²) in [6.45, 7) is 1.99. The number of aryl methyl sites for hydroxylation is 1. The highest BCUT2D eigenvalue weighted by molar-refractivity contribution is 6.31. The van der Waals surface area contributed by atoms with Gasteiger partial charge in [0.05, 0.1) is 12.1 Å². The van der Waals surface area contributed by atoms with E-state index in [4.69, 9.17) is 11.6 Å². The van der Waals surface area contributed by atoms with Gasteiger partial charge < -0.3 is 24.8 Å². The number of anilines is 1. The van der Waals surface area contributed by atoms with Gasteiger partial charge in [-0.05, 0) is 38.6 Å². The van der Waals surface area contributed by atoms with Crippen LogP contribution >= 0.6 is 11.6 Å². The number of carbonyl (C=O) groups is 1. The van der Waals surface area contributed by atoms with E-state index in [1.807, 2.05) is 47.8 Å². The number of fused-ring (bicyclic) bond motifs is 1. The first-order valence-electron chi connectivity index (χ1n) is 11.5. The predicted octanol–water partition coefficient (Wildman–Crippen LogP) is 2.04. The van der Waals surface area contributed by atoms with Crippen molar-refractivity contribution >= 4 is 34.5 Å². The van der Waals surface area contributed by atoms with Crippen molar-refractivity contribution < 1.29 is 9.90 Å². The molecule has 2 N–H and O–H groups in total. The third kappa shape index (κ3) is 4.68. The van der Waals surface area contributed by atoms with E-state index in [1.165, 1.54) is 11.6 Å². The topological polar surface area (TPSA) is 105 Å². The summed E-state index contributed by atoms with van der Waals surface area (Å²) in [5.41, 5.74) is 1.94. The van der Waals surface area contributed by atoms with Crippen LogP contribution < -0.4 is 21.5 Å². The van der Waals surface area contributed by atoms with Crippen LogP contribution in [0.15, 0.2) is 33.9 Å². The molecule has 3 aromatic rings. The van der Waals surface area contributed by atoms with E-state index in [9.17, 15) is 19.5 Å². The van der Waals surface area contributed by atoms with Gasteiger partial charge in [0.2, 0.25) is 0 Å². The minimum Gasteiger partial charge on any atom is -0.465 e. The van der Waals surface area contributed by atoms with Crippen molar-refractivity contribution in [3.05, 3.63) is 61.3 Å². The Morgan fingerprint density at radius 1 is 1.17 bits per heavy atom. The number of benzene rings is 1. The summed E-state index contributed by atoms with van der Waals surface area (Å²) >= 11 is 6.51. The second-order valence-corrected chi connectivity index (χ2v) is 9.76. The number of amides is 1. The Hall–Kier alpha value is -3.24. The van der Waals surface area contributed by atoms with E-state index >= 15 is 0 Å². The lowest BCUT2D eigenvalue weighted by molar-refractivity contribution is 0.188. The maximum absolute atomic E-state index is 13.5. The SMILES string of the molecule is CN(C)Cc1c(N2CCC[C@@H](NC(=O)O)C2)n(Cc2ccccc2Cl)c2c(=O)n(C)c(=O)n(C)c12. The zero-order valence-corrected chi connectivity index (χ0v) is 21.2. The molecule has 1 aromatic carbocycles. The standard InChI is InChI=1S/C24H31ClN6O4/c1-27(2)14-17-19-20(22(32)29(4)24(35)28(19)3)31(12-15-8-5-6-10-18(15)25)21(17)30-11-7-9-16(13-30)26-23(33)34/h5-6,8,10,16,26H,7,9,11-14H2,1-4H3,(H,33,34)/t16-/m1/s1. The Bertz CT molecular complexity index is 1390. The maximum Gasteiger partial charge on any atom is 0.404 e. The molecule has 1 aliphatic heterocycles. The summed E-state index contributed by atoms with van der Waals surface area (Å²) in [6, 6.07) is 7.24. The van der Waals surface area contributed by atoms with Gasteiger partial charge in [0.25, 0.3) is 5.56 Å². The summed E-state index contributed by atoms with van der Waals surface area (Å²) in [6.07, 6.45) is 0.464. The molecule has 0 bridgehead atoms. The van der Waals surface area contributed by atoms with Crippen molar-refractivity contribution in [3.63, 3.8) is 0 Å². The number of nitrogens with zero attached hydrogens (tertiary/aromatic N) is 5. The summed E-state index contributed by atoms with van der Waals surface area (Å²) in [4.78, 5) is 41.9. The van der Waals surface area contributed by atoms with E-state index in [0.29, 0.717) is 42.2 Å². The van der Waals surface area contributed by atoms with Gasteiger partial charge in [-0.3, -0.25) is 13.9 Å². The highest BCUT2D eigenvalue weighted by atomic mass is 35.5. The van der Waals surface area contributed by atoms with Gasteiger partial charge in [0.15, 0.2) is 0 Å². The lowest BCUT2D eigenvalue weighted by Crippen LogP contribution is -2.48. The number of rotatable bonds is 6. The quantitative estimate of drug-likeness (QED) is 0.534. The van der Waals surface area contributed by atoms with E-state index < -0.39 is 11.8 Å². The van der Waals surface area contributed by atoms with Crippen molar-refractivity contribution in [2.24, 2.45) is 14.1 Å². The zero-order valence-electron chi connectivity index (χ0n) is 20.4. The molecule has 10 nitrogen and oxygen atoms in total. The summed E-state index contributed by atoms with van der Waals surface area (Å²) < 4.78 is 4.60. The van der Waals surface area contributed by atoms with E-state index in [2.05, 4.69) is 10.2 Å². The van der Waals surface area contributed by atoms with Crippen LogP contribution in [0.1, 0.15) is 24.0 Å². The fourth-order valence-corrected chi connectivity index (χ4v) is 5.22. The average Bonchev–Trinajstić information content (AvgIpc) is 3.10. The normalized spacial score (nSPS) is 16.3. The van der Waals surface area contributed by atoms with E-state index in [1.54, 1.807) is 7.05 Å². The fourth-order valence-electron chi connectivity index (χ4n) is 5.03. The smallest absolute Gasteiger partial charge is 0.404 e. The van der Waals surface area contributed by atoms with Crippen LogP contribution in [0.3, 0.4) is 0 Å². The minimum absolute atomic E-state index is 0.244. The lowest BCUT2D eigenvalue weighted by Gasteiger charge is -2.35. The van der Waals surface area contributed by atoms with Crippen molar-refractivity contribution in [2.45, 2.75) is 32.0 Å². The van der Waals surface area contributed by atoms with Crippen molar-refractivity contribution in [1.82, 2.24) is 23.9 Å². The predicted molar refractivity (Wildman–Crippen MR) is 137 cm³/mol. The molecular formula is C24H31ClN6O4. The Morgan fingerprint density at radius 3 is 2.54 bits per heavy atom. The molecule has 188 valence electrons. The molecule has 0 spiro atoms. The number of hydrogen-bond acceptors (Lipinski definition) is 5. The third-order valence-corrected chi connectivity index (χ3v) is 6.90. The molecule has 35 heavy (non-hydrogen) atoms. The molecule has 3 heterocycles. The lowest BCUT2D eigenvalue weighted by atomic mass is 10.1. The number of halogens is 1. The van der Waals surface area contributed by atoms with E-state index in [0.717, 1.165) is 34.4 Å². The van der Waals surface area contributed by atoms with Crippen molar-refractivity contribution in [1.29, 1.82) is 0 Å². The van der Waals surface area contributed by atoms with Crippen LogP contribution in [0.4, 0.5) is 10.6 Å². The molecule has 0 aliphatic carbocycles. The van der Waals surface area contributed by atoms with Gasteiger partial charge >= 0.3 is 11.8 Å². The molecule has 1 amide bonds. The highest BCUT2D eigenvalue weighted by Crippen LogP contribution is 2.35. The second kappa shape index (κ2) is 9.79. The first-order chi connectivity index (χ1) is 16.6. The summed E-state index contributed by atoms with van der Waals surface area (Å²) in [5, 5.41) is 12.5. The van der Waals surface area contributed by atoms with Crippen LogP contribution in [0.2, 0.25) is 5.02 Å². The third-order valence-electron chi connectivity index (χ3n) is 6.53. The molecule has 1 fully saturated rings. The summed E-state index contributed by atoms with van der Waals surface area (Å²) in [7, 11) is 7.03. The van der Waals surface area contributed by atoms with Crippen LogP contribution in [0.5, 0.6) is 0 Å². The molecule has 0 radical (unpaired) electrons. The highest BCUT2D eigenvalue weighted by Gasteiger charge is 2.31. The number of nitrogens with one attached hydrogen (secondary N) is 1. The largest absolute Gasteiger partial charge is 0.465 e. The molecule has 1 aliphatic rings. The number of aromatic nitrogens is 3. The minimum atomic E-state index is -1.06. The molecule has 0 unspecified atom stereocenters. The molecule has 1 atom stereocenters.